The van der Waals surface area contributed by atoms with E-state index in [1.807, 2.05) is 13.8 Å². The van der Waals surface area contributed by atoms with Gasteiger partial charge in [-0.25, -0.2) is 0 Å². The van der Waals surface area contributed by atoms with E-state index in [9.17, 15) is 18.3 Å². The van der Waals surface area contributed by atoms with Crippen molar-refractivity contribution in [1.82, 2.24) is 0 Å². The number of alkyl halides is 3. The van der Waals surface area contributed by atoms with Gasteiger partial charge in [0.2, 0.25) is 0 Å². The molecular weight excluding hydrogens is 287 g/mol. The Morgan fingerprint density at radius 3 is 2.43 bits per heavy atom. The van der Waals surface area contributed by atoms with E-state index in [1.165, 1.54) is 13.2 Å². The van der Waals surface area contributed by atoms with Crippen molar-refractivity contribution in [2.24, 2.45) is 11.7 Å². The molecule has 0 aromatic heterocycles. The van der Waals surface area contributed by atoms with Crippen LogP contribution in [-0.4, -0.2) is 24.7 Å². The SMILES string of the molecule is CCC(C)[C@@H](O)[C@@H](N)c1ccc(OC(F)(F)F)cc1OC. The lowest BCUT2D eigenvalue weighted by atomic mass is 9.91. The number of rotatable bonds is 6. The maximum Gasteiger partial charge on any atom is 0.573 e. The summed E-state index contributed by atoms with van der Waals surface area (Å²) in [5.41, 5.74) is 6.41. The molecule has 1 rings (SSSR count). The van der Waals surface area contributed by atoms with E-state index >= 15 is 0 Å². The van der Waals surface area contributed by atoms with Crippen molar-refractivity contribution in [2.75, 3.05) is 7.11 Å². The Kier molecular flexibility index (Phi) is 5.86. The molecule has 0 radical (unpaired) electrons. The van der Waals surface area contributed by atoms with Gasteiger partial charge < -0.3 is 20.3 Å². The van der Waals surface area contributed by atoms with Crippen molar-refractivity contribution >= 4 is 0 Å². The second-order valence-corrected chi connectivity index (χ2v) is 4.85. The molecule has 0 saturated heterocycles. The normalized spacial score (nSPS) is 16.2. The van der Waals surface area contributed by atoms with Crippen LogP contribution in [0.3, 0.4) is 0 Å². The quantitative estimate of drug-likeness (QED) is 0.848. The summed E-state index contributed by atoms with van der Waals surface area (Å²) in [6.07, 6.45) is -4.87. The summed E-state index contributed by atoms with van der Waals surface area (Å²) >= 11 is 0. The van der Waals surface area contributed by atoms with Gasteiger partial charge in [-0.1, -0.05) is 20.3 Å². The number of aliphatic hydroxyl groups is 1. The third-order valence-corrected chi connectivity index (χ3v) is 3.39. The number of ether oxygens (including phenoxy) is 2. The van der Waals surface area contributed by atoms with E-state index in [0.717, 1.165) is 18.6 Å². The second-order valence-electron chi connectivity index (χ2n) is 4.85. The molecule has 1 aromatic rings. The second kappa shape index (κ2) is 7.00. The van der Waals surface area contributed by atoms with E-state index in [-0.39, 0.29) is 11.7 Å². The van der Waals surface area contributed by atoms with Crippen LogP contribution in [-0.2, 0) is 0 Å². The highest BCUT2D eigenvalue weighted by atomic mass is 19.4. The molecule has 7 heteroatoms. The lowest BCUT2D eigenvalue weighted by Gasteiger charge is -2.25. The Hall–Kier alpha value is -1.47. The van der Waals surface area contributed by atoms with Crippen LogP contribution in [0.2, 0.25) is 0 Å². The summed E-state index contributed by atoms with van der Waals surface area (Å²) in [5.74, 6) is -0.296. The van der Waals surface area contributed by atoms with Gasteiger partial charge in [-0.05, 0) is 18.1 Å². The minimum absolute atomic E-state index is 0.0455. The number of benzene rings is 1. The van der Waals surface area contributed by atoms with Crippen molar-refractivity contribution in [1.29, 1.82) is 0 Å². The minimum Gasteiger partial charge on any atom is -0.496 e. The highest BCUT2D eigenvalue weighted by molar-refractivity contribution is 5.43. The lowest BCUT2D eigenvalue weighted by Crippen LogP contribution is -2.31. The Bertz CT molecular complexity index is 465. The van der Waals surface area contributed by atoms with Gasteiger partial charge in [0.05, 0.1) is 19.3 Å². The molecule has 3 atom stereocenters. The summed E-state index contributed by atoms with van der Waals surface area (Å²) in [5, 5.41) is 10.1. The van der Waals surface area contributed by atoms with Crippen LogP contribution in [0.25, 0.3) is 0 Å². The van der Waals surface area contributed by atoms with Crippen LogP contribution >= 0.6 is 0 Å². The fraction of sp³-hybridized carbons (Fsp3) is 0.571. The Morgan fingerprint density at radius 1 is 1.33 bits per heavy atom. The average molecular weight is 307 g/mol. The highest BCUT2D eigenvalue weighted by Crippen LogP contribution is 2.33. The lowest BCUT2D eigenvalue weighted by molar-refractivity contribution is -0.274. The van der Waals surface area contributed by atoms with Crippen LogP contribution in [0.1, 0.15) is 31.9 Å². The number of nitrogens with two attached hydrogens (primary N) is 1. The number of halogens is 3. The Morgan fingerprint density at radius 2 is 1.95 bits per heavy atom. The first kappa shape index (κ1) is 17.6. The first-order valence-electron chi connectivity index (χ1n) is 6.57. The smallest absolute Gasteiger partial charge is 0.496 e. The molecule has 120 valence electrons. The van der Waals surface area contributed by atoms with Crippen molar-refractivity contribution in [3.63, 3.8) is 0 Å². The van der Waals surface area contributed by atoms with Gasteiger partial charge in [0.1, 0.15) is 11.5 Å². The van der Waals surface area contributed by atoms with E-state index in [2.05, 4.69) is 4.74 Å². The molecule has 0 aliphatic rings. The third-order valence-electron chi connectivity index (χ3n) is 3.39. The zero-order valence-corrected chi connectivity index (χ0v) is 12.1. The Balaban J connectivity index is 3.03. The van der Waals surface area contributed by atoms with Gasteiger partial charge in [0, 0.05) is 11.6 Å². The monoisotopic (exact) mass is 307 g/mol. The minimum atomic E-state index is -4.77. The van der Waals surface area contributed by atoms with Crippen molar-refractivity contribution < 1.29 is 27.8 Å². The van der Waals surface area contributed by atoms with E-state index in [4.69, 9.17) is 10.5 Å². The molecular formula is C14H20F3NO3. The molecule has 0 saturated carbocycles. The number of hydrogen-bond donors (Lipinski definition) is 2. The molecule has 0 aliphatic heterocycles. The molecule has 0 bridgehead atoms. The van der Waals surface area contributed by atoms with Crippen molar-refractivity contribution in [3.8, 4) is 11.5 Å². The maximum absolute atomic E-state index is 12.2. The zero-order chi connectivity index (χ0) is 16.2. The molecule has 0 spiro atoms. The molecule has 3 N–H and O–H groups in total. The maximum atomic E-state index is 12.2. The van der Waals surface area contributed by atoms with Crippen molar-refractivity contribution in [3.05, 3.63) is 23.8 Å². The van der Waals surface area contributed by atoms with Gasteiger partial charge in [0.15, 0.2) is 0 Å². The highest BCUT2D eigenvalue weighted by Gasteiger charge is 2.32. The first-order chi connectivity index (χ1) is 9.69. The summed E-state index contributed by atoms with van der Waals surface area (Å²) < 4.78 is 45.4. The summed E-state index contributed by atoms with van der Waals surface area (Å²) in [7, 11) is 1.32. The summed E-state index contributed by atoms with van der Waals surface area (Å²) in [6.45, 7) is 3.76. The first-order valence-corrected chi connectivity index (χ1v) is 6.57. The van der Waals surface area contributed by atoms with Gasteiger partial charge in [0.25, 0.3) is 0 Å². The number of hydrogen-bond acceptors (Lipinski definition) is 4. The zero-order valence-electron chi connectivity index (χ0n) is 12.1. The summed E-state index contributed by atoms with van der Waals surface area (Å²) in [6, 6.07) is 2.87. The van der Waals surface area contributed by atoms with E-state index in [1.54, 1.807) is 0 Å². The fourth-order valence-corrected chi connectivity index (χ4v) is 1.94. The standard InChI is InChI=1S/C14H20F3NO3/c1-4-8(2)13(19)12(18)10-6-5-9(7-11(10)20-3)21-14(15,16)17/h5-8,12-13,19H,4,18H2,1-3H3/t8?,12-,13+/m0/s1. The largest absolute Gasteiger partial charge is 0.573 e. The van der Waals surface area contributed by atoms with E-state index < -0.39 is 24.3 Å². The predicted molar refractivity (Wildman–Crippen MR) is 72.1 cm³/mol. The molecule has 4 nitrogen and oxygen atoms in total. The van der Waals surface area contributed by atoms with E-state index in [0.29, 0.717) is 5.56 Å². The number of aliphatic hydroxyl groups excluding tert-OH is 1. The topological polar surface area (TPSA) is 64.7 Å². The predicted octanol–water partition coefficient (Wildman–Crippen LogP) is 3.00. The molecule has 0 amide bonds. The van der Waals surface area contributed by atoms with Crippen molar-refractivity contribution in [2.45, 2.75) is 38.8 Å². The molecule has 0 heterocycles. The van der Waals surface area contributed by atoms with Crippen LogP contribution in [0.15, 0.2) is 18.2 Å². The van der Waals surface area contributed by atoms with Gasteiger partial charge in [-0.2, -0.15) is 0 Å². The number of methoxy groups -OCH3 is 1. The molecule has 1 aromatic carbocycles. The third kappa shape index (κ3) is 4.78. The molecule has 21 heavy (non-hydrogen) atoms. The molecule has 1 unspecified atom stereocenters. The van der Waals surface area contributed by atoms with Crippen LogP contribution in [0.4, 0.5) is 13.2 Å². The molecule has 0 fully saturated rings. The van der Waals surface area contributed by atoms with Gasteiger partial charge >= 0.3 is 6.36 Å². The average Bonchev–Trinajstić information content (AvgIpc) is 2.42. The summed E-state index contributed by atoms with van der Waals surface area (Å²) in [4.78, 5) is 0. The Labute approximate surface area is 121 Å². The fourth-order valence-electron chi connectivity index (χ4n) is 1.94. The van der Waals surface area contributed by atoms with Gasteiger partial charge in [-0.3, -0.25) is 0 Å². The van der Waals surface area contributed by atoms with Crippen LogP contribution < -0.4 is 15.2 Å². The van der Waals surface area contributed by atoms with Crippen LogP contribution in [0.5, 0.6) is 11.5 Å². The molecule has 0 aliphatic carbocycles. The van der Waals surface area contributed by atoms with Gasteiger partial charge in [-0.15, -0.1) is 13.2 Å². The van der Waals surface area contributed by atoms with Crippen LogP contribution in [0, 0.1) is 5.92 Å².